The molecule has 2 aromatic carbocycles. The zero-order valence-electron chi connectivity index (χ0n) is 10.8. The summed E-state index contributed by atoms with van der Waals surface area (Å²) in [5.74, 6) is 1.73. The molecule has 0 spiro atoms. The molecular formula is C16H17NO2. The van der Waals surface area contributed by atoms with E-state index in [0.29, 0.717) is 0 Å². The zero-order valence-corrected chi connectivity index (χ0v) is 10.8. The van der Waals surface area contributed by atoms with Gasteiger partial charge in [0, 0.05) is 24.8 Å². The zero-order chi connectivity index (χ0) is 12.9. The summed E-state index contributed by atoms with van der Waals surface area (Å²) >= 11 is 0. The summed E-state index contributed by atoms with van der Waals surface area (Å²) in [7, 11) is 0. The van der Waals surface area contributed by atoms with Gasteiger partial charge in [-0.25, -0.2) is 0 Å². The van der Waals surface area contributed by atoms with E-state index in [4.69, 9.17) is 9.47 Å². The molecule has 0 aromatic heterocycles. The van der Waals surface area contributed by atoms with Gasteiger partial charge in [-0.15, -0.1) is 0 Å². The summed E-state index contributed by atoms with van der Waals surface area (Å²) in [6, 6.07) is 18.1. The molecule has 1 saturated heterocycles. The molecule has 1 heterocycles. The van der Waals surface area contributed by atoms with Gasteiger partial charge in [0.25, 0.3) is 0 Å². The molecular weight excluding hydrogens is 238 g/mol. The van der Waals surface area contributed by atoms with Gasteiger partial charge < -0.3 is 14.4 Å². The standard InChI is InChI=1S/C16H17NO2/c1-2-6-15(7-3-1)19-16-8-4-5-14(13-16)17-9-11-18-12-10-17/h1-8,13H,9-12H2. The molecule has 0 N–H and O–H groups in total. The second-order valence-corrected chi connectivity index (χ2v) is 4.51. The first-order valence-electron chi connectivity index (χ1n) is 6.57. The number of benzene rings is 2. The molecule has 0 unspecified atom stereocenters. The Morgan fingerprint density at radius 3 is 2.37 bits per heavy atom. The lowest BCUT2D eigenvalue weighted by molar-refractivity contribution is 0.122. The lowest BCUT2D eigenvalue weighted by Gasteiger charge is -2.29. The summed E-state index contributed by atoms with van der Waals surface area (Å²) in [6.07, 6.45) is 0. The van der Waals surface area contributed by atoms with Crippen LogP contribution in [0.5, 0.6) is 11.5 Å². The first-order valence-corrected chi connectivity index (χ1v) is 6.57. The van der Waals surface area contributed by atoms with Crippen LogP contribution in [0.4, 0.5) is 5.69 Å². The summed E-state index contributed by atoms with van der Waals surface area (Å²) in [5, 5.41) is 0. The van der Waals surface area contributed by atoms with Gasteiger partial charge in [-0.2, -0.15) is 0 Å². The smallest absolute Gasteiger partial charge is 0.129 e. The minimum atomic E-state index is 0.795. The van der Waals surface area contributed by atoms with Crippen LogP contribution in [-0.4, -0.2) is 26.3 Å². The normalized spacial score (nSPS) is 15.3. The van der Waals surface area contributed by atoms with Crippen molar-refractivity contribution in [2.75, 3.05) is 31.2 Å². The van der Waals surface area contributed by atoms with Crippen molar-refractivity contribution in [2.24, 2.45) is 0 Å². The molecule has 0 radical (unpaired) electrons. The molecule has 0 bridgehead atoms. The molecule has 1 aliphatic rings. The predicted octanol–water partition coefficient (Wildman–Crippen LogP) is 3.32. The van der Waals surface area contributed by atoms with Crippen LogP contribution in [-0.2, 0) is 4.74 Å². The lowest BCUT2D eigenvalue weighted by Crippen LogP contribution is -2.36. The number of hydrogen-bond acceptors (Lipinski definition) is 3. The number of morpholine rings is 1. The molecule has 0 aliphatic carbocycles. The maximum Gasteiger partial charge on any atom is 0.129 e. The van der Waals surface area contributed by atoms with Gasteiger partial charge >= 0.3 is 0 Å². The second-order valence-electron chi connectivity index (χ2n) is 4.51. The molecule has 0 atom stereocenters. The molecule has 3 rings (SSSR count). The van der Waals surface area contributed by atoms with E-state index in [1.165, 1.54) is 5.69 Å². The van der Waals surface area contributed by atoms with Crippen LogP contribution in [0.2, 0.25) is 0 Å². The molecule has 19 heavy (non-hydrogen) atoms. The average molecular weight is 255 g/mol. The van der Waals surface area contributed by atoms with E-state index in [1.807, 2.05) is 42.5 Å². The highest BCUT2D eigenvalue weighted by atomic mass is 16.5. The number of para-hydroxylation sites is 1. The number of ether oxygens (including phenoxy) is 2. The van der Waals surface area contributed by atoms with E-state index in [2.05, 4.69) is 17.0 Å². The predicted molar refractivity (Wildman–Crippen MR) is 76.0 cm³/mol. The van der Waals surface area contributed by atoms with E-state index in [0.717, 1.165) is 37.8 Å². The van der Waals surface area contributed by atoms with Crippen molar-refractivity contribution >= 4 is 5.69 Å². The van der Waals surface area contributed by atoms with Gasteiger partial charge in [0.05, 0.1) is 13.2 Å². The Hall–Kier alpha value is -2.00. The average Bonchev–Trinajstić information content (AvgIpc) is 2.49. The van der Waals surface area contributed by atoms with Crippen LogP contribution in [0.1, 0.15) is 0 Å². The molecule has 98 valence electrons. The number of anilines is 1. The van der Waals surface area contributed by atoms with Gasteiger partial charge in [-0.1, -0.05) is 24.3 Å². The molecule has 0 amide bonds. The van der Waals surface area contributed by atoms with Crippen molar-refractivity contribution in [3.05, 3.63) is 54.6 Å². The van der Waals surface area contributed by atoms with Crippen LogP contribution in [0.3, 0.4) is 0 Å². The van der Waals surface area contributed by atoms with E-state index < -0.39 is 0 Å². The molecule has 1 fully saturated rings. The van der Waals surface area contributed by atoms with E-state index in [1.54, 1.807) is 0 Å². The van der Waals surface area contributed by atoms with Crippen molar-refractivity contribution in [1.29, 1.82) is 0 Å². The van der Waals surface area contributed by atoms with E-state index >= 15 is 0 Å². The van der Waals surface area contributed by atoms with Crippen molar-refractivity contribution in [1.82, 2.24) is 0 Å². The van der Waals surface area contributed by atoms with Crippen molar-refractivity contribution in [2.45, 2.75) is 0 Å². The van der Waals surface area contributed by atoms with Crippen LogP contribution in [0.15, 0.2) is 54.6 Å². The minimum Gasteiger partial charge on any atom is -0.457 e. The summed E-state index contributed by atoms with van der Waals surface area (Å²) < 4.78 is 11.2. The Balaban J connectivity index is 1.76. The number of nitrogens with zero attached hydrogens (tertiary/aromatic N) is 1. The molecule has 3 heteroatoms. The third-order valence-corrected chi connectivity index (χ3v) is 3.17. The topological polar surface area (TPSA) is 21.7 Å². The first kappa shape index (κ1) is 12.1. The fourth-order valence-corrected chi connectivity index (χ4v) is 2.19. The summed E-state index contributed by atoms with van der Waals surface area (Å²) in [4.78, 5) is 2.32. The fraction of sp³-hybridized carbons (Fsp3) is 0.250. The van der Waals surface area contributed by atoms with Crippen LogP contribution in [0, 0.1) is 0 Å². The van der Waals surface area contributed by atoms with Gasteiger partial charge in [0.2, 0.25) is 0 Å². The summed E-state index contributed by atoms with van der Waals surface area (Å²) in [5.41, 5.74) is 1.19. The Morgan fingerprint density at radius 1 is 0.842 bits per heavy atom. The minimum absolute atomic E-state index is 0.795. The number of rotatable bonds is 3. The molecule has 0 saturated carbocycles. The molecule has 1 aliphatic heterocycles. The Kier molecular flexibility index (Phi) is 3.65. The van der Waals surface area contributed by atoms with Crippen molar-refractivity contribution < 1.29 is 9.47 Å². The van der Waals surface area contributed by atoms with Gasteiger partial charge in [-0.05, 0) is 24.3 Å². The van der Waals surface area contributed by atoms with Crippen molar-refractivity contribution in [3.63, 3.8) is 0 Å². The monoisotopic (exact) mass is 255 g/mol. The Morgan fingerprint density at radius 2 is 1.58 bits per heavy atom. The number of hydrogen-bond donors (Lipinski definition) is 0. The van der Waals surface area contributed by atoms with E-state index in [9.17, 15) is 0 Å². The van der Waals surface area contributed by atoms with Crippen LogP contribution in [0.25, 0.3) is 0 Å². The maximum atomic E-state index is 5.85. The third kappa shape index (κ3) is 3.06. The molecule has 2 aromatic rings. The maximum absolute atomic E-state index is 5.85. The Labute approximate surface area is 113 Å². The summed E-state index contributed by atoms with van der Waals surface area (Å²) in [6.45, 7) is 3.47. The quantitative estimate of drug-likeness (QED) is 0.839. The largest absolute Gasteiger partial charge is 0.457 e. The van der Waals surface area contributed by atoms with Crippen molar-refractivity contribution in [3.8, 4) is 11.5 Å². The molecule has 3 nitrogen and oxygen atoms in total. The highest BCUT2D eigenvalue weighted by Crippen LogP contribution is 2.26. The van der Waals surface area contributed by atoms with Gasteiger partial charge in [0.1, 0.15) is 11.5 Å². The fourth-order valence-electron chi connectivity index (χ4n) is 2.19. The second kappa shape index (κ2) is 5.76. The highest BCUT2D eigenvalue weighted by Gasteiger charge is 2.11. The van der Waals surface area contributed by atoms with Gasteiger partial charge in [0.15, 0.2) is 0 Å². The first-order chi connectivity index (χ1) is 9.42. The van der Waals surface area contributed by atoms with E-state index in [-0.39, 0.29) is 0 Å². The van der Waals surface area contributed by atoms with Gasteiger partial charge in [-0.3, -0.25) is 0 Å². The third-order valence-electron chi connectivity index (χ3n) is 3.17. The van der Waals surface area contributed by atoms with Crippen LogP contribution < -0.4 is 9.64 Å². The highest BCUT2D eigenvalue weighted by molar-refractivity contribution is 5.51. The SMILES string of the molecule is c1ccc(Oc2cccc(N3CCOCC3)c2)cc1. The van der Waals surface area contributed by atoms with Crippen LogP contribution >= 0.6 is 0 Å². The lowest BCUT2D eigenvalue weighted by atomic mass is 10.2. The Bertz CT molecular complexity index is 521.